The van der Waals surface area contributed by atoms with Crippen LogP contribution in [0.1, 0.15) is 6.92 Å². The SMILES string of the molecule is C[C@H](N)C(=O)Nc1ccc(/N=N/c2ccccc2)c(N)n1. The highest BCUT2D eigenvalue weighted by molar-refractivity contribution is 5.93. The summed E-state index contributed by atoms with van der Waals surface area (Å²) in [5.74, 6) is 0.172. The van der Waals surface area contributed by atoms with Crippen molar-refractivity contribution in [1.29, 1.82) is 0 Å². The zero-order valence-corrected chi connectivity index (χ0v) is 11.5. The molecule has 0 radical (unpaired) electrons. The maximum atomic E-state index is 11.5. The molecule has 5 N–H and O–H groups in total. The molecule has 0 saturated carbocycles. The average Bonchev–Trinajstić information content (AvgIpc) is 2.47. The average molecular weight is 284 g/mol. The molecule has 7 nitrogen and oxygen atoms in total. The van der Waals surface area contributed by atoms with Crippen LogP contribution in [0.25, 0.3) is 0 Å². The fourth-order valence-electron chi connectivity index (χ4n) is 1.47. The quantitative estimate of drug-likeness (QED) is 0.746. The lowest BCUT2D eigenvalue weighted by atomic mass is 10.3. The van der Waals surface area contributed by atoms with Gasteiger partial charge in [-0.15, -0.1) is 5.11 Å². The molecular formula is C14H16N6O. The smallest absolute Gasteiger partial charge is 0.242 e. The van der Waals surface area contributed by atoms with E-state index in [0.29, 0.717) is 17.2 Å². The predicted molar refractivity (Wildman–Crippen MR) is 81.5 cm³/mol. The monoisotopic (exact) mass is 284 g/mol. The number of carbonyl (C=O) groups is 1. The van der Waals surface area contributed by atoms with Crippen molar-refractivity contribution in [1.82, 2.24) is 4.98 Å². The lowest BCUT2D eigenvalue weighted by molar-refractivity contribution is -0.117. The summed E-state index contributed by atoms with van der Waals surface area (Å²) in [6, 6.07) is 11.9. The van der Waals surface area contributed by atoms with E-state index < -0.39 is 6.04 Å². The van der Waals surface area contributed by atoms with Crippen molar-refractivity contribution in [3.63, 3.8) is 0 Å². The Labute approximate surface area is 122 Å². The molecule has 2 rings (SSSR count). The van der Waals surface area contributed by atoms with E-state index in [2.05, 4.69) is 20.5 Å². The Morgan fingerprint density at radius 2 is 1.90 bits per heavy atom. The molecule has 0 unspecified atom stereocenters. The summed E-state index contributed by atoms with van der Waals surface area (Å²) in [6.45, 7) is 1.58. The number of hydrogen-bond donors (Lipinski definition) is 3. The van der Waals surface area contributed by atoms with Crippen LogP contribution in [0, 0.1) is 0 Å². The Morgan fingerprint density at radius 3 is 2.52 bits per heavy atom. The molecule has 0 bridgehead atoms. The number of carbonyl (C=O) groups excluding carboxylic acids is 1. The minimum atomic E-state index is -0.620. The predicted octanol–water partition coefficient (Wildman–Crippen LogP) is 2.36. The molecule has 21 heavy (non-hydrogen) atoms. The Morgan fingerprint density at radius 1 is 1.19 bits per heavy atom. The maximum Gasteiger partial charge on any atom is 0.242 e. The van der Waals surface area contributed by atoms with Crippen molar-refractivity contribution < 1.29 is 4.79 Å². The summed E-state index contributed by atoms with van der Waals surface area (Å²) in [5.41, 5.74) is 12.4. The molecule has 0 aliphatic rings. The number of anilines is 2. The number of hydrogen-bond acceptors (Lipinski definition) is 6. The molecule has 0 spiro atoms. The fraction of sp³-hybridized carbons (Fsp3) is 0.143. The summed E-state index contributed by atoms with van der Waals surface area (Å²) in [5, 5.41) is 10.6. The van der Waals surface area contributed by atoms with Crippen molar-refractivity contribution in [2.24, 2.45) is 16.0 Å². The highest BCUT2D eigenvalue weighted by atomic mass is 16.2. The number of nitrogen functional groups attached to an aromatic ring is 1. The van der Waals surface area contributed by atoms with Gasteiger partial charge < -0.3 is 16.8 Å². The molecule has 1 aromatic carbocycles. The van der Waals surface area contributed by atoms with Gasteiger partial charge >= 0.3 is 0 Å². The topological polar surface area (TPSA) is 119 Å². The van der Waals surface area contributed by atoms with E-state index in [-0.39, 0.29) is 11.7 Å². The molecule has 1 amide bonds. The van der Waals surface area contributed by atoms with E-state index in [1.807, 2.05) is 30.3 Å². The molecule has 7 heteroatoms. The number of nitrogens with zero attached hydrogens (tertiary/aromatic N) is 3. The second-order valence-electron chi connectivity index (χ2n) is 4.41. The molecular weight excluding hydrogens is 268 g/mol. The first-order valence-corrected chi connectivity index (χ1v) is 6.36. The summed E-state index contributed by atoms with van der Waals surface area (Å²) in [6.07, 6.45) is 0. The van der Waals surface area contributed by atoms with E-state index in [9.17, 15) is 4.79 Å². The second kappa shape index (κ2) is 6.58. The zero-order valence-electron chi connectivity index (χ0n) is 11.5. The largest absolute Gasteiger partial charge is 0.382 e. The van der Waals surface area contributed by atoms with Crippen LogP contribution in [0.3, 0.4) is 0 Å². The van der Waals surface area contributed by atoms with Crippen LogP contribution in [0.15, 0.2) is 52.7 Å². The number of nitrogens with one attached hydrogen (secondary N) is 1. The molecule has 0 fully saturated rings. The third kappa shape index (κ3) is 4.08. The number of aromatic nitrogens is 1. The van der Waals surface area contributed by atoms with Crippen molar-refractivity contribution in [2.45, 2.75) is 13.0 Å². The van der Waals surface area contributed by atoms with E-state index in [1.54, 1.807) is 19.1 Å². The number of azo groups is 1. The first-order valence-electron chi connectivity index (χ1n) is 6.36. The second-order valence-corrected chi connectivity index (χ2v) is 4.41. The maximum absolute atomic E-state index is 11.5. The number of benzene rings is 1. The minimum absolute atomic E-state index is 0.178. The summed E-state index contributed by atoms with van der Waals surface area (Å²) >= 11 is 0. The van der Waals surface area contributed by atoms with Gasteiger partial charge in [0.05, 0.1) is 11.7 Å². The van der Waals surface area contributed by atoms with Crippen LogP contribution < -0.4 is 16.8 Å². The van der Waals surface area contributed by atoms with Gasteiger partial charge in [0, 0.05) is 0 Å². The first-order chi connectivity index (χ1) is 10.1. The molecule has 108 valence electrons. The number of rotatable bonds is 4. The van der Waals surface area contributed by atoms with Gasteiger partial charge in [0.1, 0.15) is 11.5 Å². The van der Waals surface area contributed by atoms with Crippen LogP contribution >= 0.6 is 0 Å². The molecule has 1 atom stereocenters. The van der Waals surface area contributed by atoms with Gasteiger partial charge in [0.2, 0.25) is 5.91 Å². The van der Waals surface area contributed by atoms with Crippen LogP contribution in [-0.2, 0) is 4.79 Å². The van der Waals surface area contributed by atoms with Crippen molar-refractivity contribution in [3.05, 3.63) is 42.5 Å². The Kier molecular flexibility index (Phi) is 4.57. The lowest BCUT2D eigenvalue weighted by Gasteiger charge is -2.07. The Hall–Kier alpha value is -2.80. The molecule has 2 aromatic rings. The molecule has 0 aliphatic heterocycles. The normalized spacial score (nSPS) is 12.3. The van der Waals surface area contributed by atoms with E-state index in [4.69, 9.17) is 11.5 Å². The van der Waals surface area contributed by atoms with Crippen molar-refractivity contribution in [3.8, 4) is 0 Å². The van der Waals surface area contributed by atoms with E-state index in [0.717, 1.165) is 0 Å². The van der Waals surface area contributed by atoms with Crippen LogP contribution in [0.4, 0.5) is 23.0 Å². The number of pyridine rings is 1. The molecule has 0 saturated heterocycles. The van der Waals surface area contributed by atoms with Crippen molar-refractivity contribution in [2.75, 3.05) is 11.1 Å². The highest BCUT2D eigenvalue weighted by Crippen LogP contribution is 2.24. The molecule has 1 heterocycles. The number of nitrogens with two attached hydrogens (primary N) is 2. The standard InChI is InChI=1S/C14H16N6O/c1-9(15)14(21)18-12-8-7-11(13(16)17-12)20-19-10-5-3-2-4-6-10/h2-9H,15H2,1H3,(H3,16,17,18,21)/b20-19+/t9-/m0/s1. The van der Waals surface area contributed by atoms with Crippen molar-refractivity contribution >= 4 is 28.9 Å². The van der Waals surface area contributed by atoms with E-state index >= 15 is 0 Å². The van der Waals surface area contributed by atoms with Crippen LogP contribution in [-0.4, -0.2) is 16.9 Å². The van der Waals surface area contributed by atoms with Gasteiger partial charge in [-0.3, -0.25) is 4.79 Å². The fourth-order valence-corrected chi connectivity index (χ4v) is 1.47. The summed E-state index contributed by atoms with van der Waals surface area (Å²) in [4.78, 5) is 15.5. The van der Waals surface area contributed by atoms with Crippen LogP contribution in [0.2, 0.25) is 0 Å². The van der Waals surface area contributed by atoms with Crippen LogP contribution in [0.5, 0.6) is 0 Å². The molecule has 1 aromatic heterocycles. The van der Waals surface area contributed by atoms with Gasteiger partial charge in [-0.05, 0) is 31.2 Å². The highest BCUT2D eigenvalue weighted by Gasteiger charge is 2.09. The van der Waals surface area contributed by atoms with Gasteiger partial charge in [-0.1, -0.05) is 18.2 Å². The van der Waals surface area contributed by atoms with Gasteiger partial charge in [-0.2, -0.15) is 5.11 Å². The Balaban J connectivity index is 2.13. The first kappa shape index (κ1) is 14.6. The summed E-state index contributed by atoms with van der Waals surface area (Å²) in [7, 11) is 0. The zero-order chi connectivity index (χ0) is 15.2. The lowest BCUT2D eigenvalue weighted by Crippen LogP contribution is -2.32. The third-order valence-corrected chi connectivity index (χ3v) is 2.60. The third-order valence-electron chi connectivity index (χ3n) is 2.60. The van der Waals surface area contributed by atoms with Gasteiger partial charge in [0.25, 0.3) is 0 Å². The summed E-state index contributed by atoms with van der Waals surface area (Å²) < 4.78 is 0. The van der Waals surface area contributed by atoms with Gasteiger partial charge in [0.15, 0.2) is 5.82 Å². The van der Waals surface area contributed by atoms with Gasteiger partial charge in [-0.25, -0.2) is 4.98 Å². The number of amides is 1. The minimum Gasteiger partial charge on any atom is -0.382 e. The Bertz CT molecular complexity index is 654. The van der Waals surface area contributed by atoms with E-state index in [1.165, 1.54) is 0 Å². The molecule has 0 aliphatic carbocycles.